The molecule has 1 aromatic carbocycles. The van der Waals surface area contributed by atoms with Crippen molar-refractivity contribution in [3.63, 3.8) is 0 Å². The van der Waals surface area contributed by atoms with Crippen LogP contribution in [0.1, 0.15) is 12.6 Å². The topological polar surface area (TPSA) is 41.3 Å². The Balaban J connectivity index is 1.84. The van der Waals surface area contributed by atoms with Crippen molar-refractivity contribution in [1.29, 1.82) is 0 Å². The van der Waals surface area contributed by atoms with Crippen LogP contribution >= 0.6 is 11.8 Å². The van der Waals surface area contributed by atoms with Gasteiger partial charge in [-0.15, -0.1) is 0 Å². The SMILES string of the molecule is CCn1nc(CC(O)C2CSCCN2C)c2ccccc21. The summed E-state index contributed by atoms with van der Waals surface area (Å²) in [6.07, 6.45) is 0.273. The van der Waals surface area contributed by atoms with Gasteiger partial charge in [0.25, 0.3) is 0 Å². The van der Waals surface area contributed by atoms with Crippen LogP contribution in [0.5, 0.6) is 0 Å². The number of aromatic nitrogens is 2. The summed E-state index contributed by atoms with van der Waals surface area (Å²) in [5, 5.41) is 16.5. The summed E-state index contributed by atoms with van der Waals surface area (Å²) in [4.78, 5) is 2.28. The molecular formula is C16H23N3OS. The molecule has 1 saturated heterocycles. The predicted molar refractivity (Wildman–Crippen MR) is 88.9 cm³/mol. The molecule has 1 N–H and O–H groups in total. The van der Waals surface area contributed by atoms with Gasteiger partial charge < -0.3 is 5.11 Å². The fraction of sp³-hybridized carbons (Fsp3) is 0.562. The van der Waals surface area contributed by atoms with Crippen molar-refractivity contribution in [1.82, 2.24) is 14.7 Å². The molecule has 2 heterocycles. The number of likely N-dealkylation sites (N-methyl/N-ethyl adjacent to an activating group) is 1. The van der Waals surface area contributed by atoms with Crippen molar-refractivity contribution in [2.75, 3.05) is 25.1 Å². The minimum atomic E-state index is -0.355. The summed E-state index contributed by atoms with van der Waals surface area (Å²) in [7, 11) is 2.11. The summed E-state index contributed by atoms with van der Waals surface area (Å²) < 4.78 is 2.02. The molecule has 0 radical (unpaired) electrons. The highest BCUT2D eigenvalue weighted by Gasteiger charge is 2.27. The number of thioether (sulfide) groups is 1. The van der Waals surface area contributed by atoms with Crippen LogP contribution in [0.3, 0.4) is 0 Å². The van der Waals surface area contributed by atoms with E-state index in [0.717, 1.165) is 35.8 Å². The van der Waals surface area contributed by atoms with E-state index in [2.05, 4.69) is 31.0 Å². The molecule has 1 fully saturated rings. The first-order valence-corrected chi connectivity index (χ1v) is 8.76. The number of benzene rings is 1. The zero-order chi connectivity index (χ0) is 14.8. The van der Waals surface area contributed by atoms with E-state index in [4.69, 9.17) is 5.10 Å². The average molecular weight is 305 g/mol. The van der Waals surface area contributed by atoms with E-state index >= 15 is 0 Å². The molecule has 1 aromatic heterocycles. The molecule has 114 valence electrons. The van der Waals surface area contributed by atoms with E-state index in [1.807, 2.05) is 28.6 Å². The van der Waals surface area contributed by atoms with Crippen molar-refractivity contribution in [3.05, 3.63) is 30.0 Å². The molecular weight excluding hydrogens is 282 g/mol. The van der Waals surface area contributed by atoms with E-state index in [1.54, 1.807) is 0 Å². The quantitative estimate of drug-likeness (QED) is 0.938. The first kappa shape index (κ1) is 14.9. The van der Waals surface area contributed by atoms with E-state index < -0.39 is 0 Å². The molecule has 1 aliphatic rings. The van der Waals surface area contributed by atoms with E-state index in [1.165, 1.54) is 5.39 Å². The Morgan fingerprint density at radius 2 is 2.24 bits per heavy atom. The highest BCUT2D eigenvalue weighted by atomic mass is 32.2. The van der Waals surface area contributed by atoms with Gasteiger partial charge in [-0.1, -0.05) is 18.2 Å². The number of nitrogens with zero attached hydrogens (tertiary/aromatic N) is 3. The number of rotatable bonds is 4. The molecule has 2 aromatic rings. The minimum absolute atomic E-state index is 0.231. The Kier molecular flexibility index (Phi) is 4.52. The van der Waals surface area contributed by atoms with Gasteiger partial charge in [0.15, 0.2) is 0 Å². The molecule has 1 aliphatic heterocycles. The summed E-state index contributed by atoms with van der Waals surface area (Å²) in [5.41, 5.74) is 2.18. The van der Waals surface area contributed by atoms with Gasteiger partial charge in [0.2, 0.25) is 0 Å². The van der Waals surface area contributed by atoms with E-state index in [0.29, 0.717) is 6.42 Å². The maximum atomic E-state index is 10.6. The summed E-state index contributed by atoms with van der Waals surface area (Å²) in [6, 6.07) is 8.53. The second-order valence-electron chi connectivity index (χ2n) is 5.67. The Morgan fingerprint density at radius 1 is 1.43 bits per heavy atom. The van der Waals surface area contributed by atoms with Crippen molar-refractivity contribution in [2.45, 2.75) is 32.0 Å². The highest BCUT2D eigenvalue weighted by molar-refractivity contribution is 7.99. The van der Waals surface area contributed by atoms with Crippen LogP contribution in [0.15, 0.2) is 24.3 Å². The summed E-state index contributed by atoms with van der Waals surface area (Å²) in [6.45, 7) is 4.01. The molecule has 0 aliphatic carbocycles. The molecule has 0 amide bonds. The number of hydrogen-bond acceptors (Lipinski definition) is 4. The lowest BCUT2D eigenvalue weighted by Crippen LogP contribution is -2.47. The zero-order valence-corrected chi connectivity index (χ0v) is 13.5. The Bertz CT molecular complexity index is 613. The maximum Gasteiger partial charge on any atom is 0.0759 e. The molecule has 0 saturated carbocycles. The Hall–Kier alpha value is -1.04. The third-order valence-electron chi connectivity index (χ3n) is 4.32. The third kappa shape index (κ3) is 2.96. The van der Waals surface area contributed by atoms with Crippen LogP contribution < -0.4 is 0 Å². The second kappa shape index (κ2) is 6.38. The largest absolute Gasteiger partial charge is 0.391 e. The molecule has 0 bridgehead atoms. The monoisotopic (exact) mass is 305 g/mol. The third-order valence-corrected chi connectivity index (χ3v) is 5.37. The first-order chi connectivity index (χ1) is 10.2. The van der Waals surface area contributed by atoms with Gasteiger partial charge in [0.05, 0.1) is 17.3 Å². The van der Waals surface area contributed by atoms with E-state index in [9.17, 15) is 5.11 Å². The molecule has 3 rings (SSSR count). The zero-order valence-electron chi connectivity index (χ0n) is 12.7. The van der Waals surface area contributed by atoms with Gasteiger partial charge in [0, 0.05) is 42.4 Å². The number of para-hydroxylation sites is 1. The Labute approximate surface area is 130 Å². The van der Waals surface area contributed by atoms with E-state index in [-0.39, 0.29) is 12.1 Å². The van der Waals surface area contributed by atoms with Gasteiger partial charge in [-0.2, -0.15) is 16.9 Å². The second-order valence-corrected chi connectivity index (χ2v) is 6.82. The van der Waals surface area contributed by atoms with Crippen LogP contribution in [-0.2, 0) is 13.0 Å². The van der Waals surface area contributed by atoms with Crippen LogP contribution in [0.2, 0.25) is 0 Å². The lowest BCUT2D eigenvalue weighted by molar-refractivity contribution is 0.0757. The number of aliphatic hydroxyl groups is 1. The van der Waals surface area contributed by atoms with Crippen molar-refractivity contribution in [3.8, 4) is 0 Å². The van der Waals surface area contributed by atoms with Crippen molar-refractivity contribution < 1.29 is 5.11 Å². The summed E-state index contributed by atoms with van der Waals surface area (Å²) >= 11 is 1.93. The van der Waals surface area contributed by atoms with Crippen LogP contribution in [0.4, 0.5) is 0 Å². The number of fused-ring (bicyclic) bond motifs is 1. The lowest BCUT2D eigenvalue weighted by atomic mass is 10.0. The molecule has 2 unspecified atom stereocenters. The van der Waals surface area contributed by atoms with Gasteiger partial charge in [-0.3, -0.25) is 9.58 Å². The van der Waals surface area contributed by atoms with Crippen molar-refractivity contribution in [2.24, 2.45) is 0 Å². The number of hydrogen-bond donors (Lipinski definition) is 1. The molecule has 5 heteroatoms. The lowest BCUT2D eigenvalue weighted by Gasteiger charge is -2.35. The highest BCUT2D eigenvalue weighted by Crippen LogP contribution is 2.23. The van der Waals surface area contributed by atoms with Gasteiger partial charge in [-0.05, 0) is 20.0 Å². The molecule has 0 spiro atoms. The van der Waals surface area contributed by atoms with Gasteiger partial charge in [0.1, 0.15) is 0 Å². The van der Waals surface area contributed by atoms with Gasteiger partial charge >= 0.3 is 0 Å². The smallest absolute Gasteiger partial charge is 0.0759 e. The Morgan fingerprint density at radius 3 is 3.00 bits per heavy atom. The fourth-order valence-electron chi connectivity index (χ4n) is 3.03. The number of aryl methyl sites for hydroxylation is 1. The molecule has 2 atom stereocenters. The van der Waals surface area contributed by atoms with Crippen molar-refractivity contribution >= 4 is 22.7 Å². The standard InChI is InChI=1S/C16H23N3OS/c1-3-19-14-7-5-4-6-12(14)13(17-19)10-16(20)15-11-21-9-8-18(15)2/h4-7,15-16,20H,3,8-11H2,1-2H3. The predicted octanol–water partition coefficient (Wildman–Crippen LogP) is 2.01. The minimum Gasteiger partial charge on any atom is -0.391 e. The fourth-order valence-corrected chi connectivity index (χ4v) is 4.33. The van der Waals surface area contributed by atoms with Crippen LogP contribution in [0.25, 0.3) is 10.9 Å². The van der Waals surface area contributed by atoms with Crippen LogP contribution in [0, 0.1) is 0 Å². The molecule has 4 nitrogen and oxygen atoms in total. The molecule has 21 heavy (non-hydrogen) atoms. The number of aliphatic hydroxyl groups excluding tert-OH is 1. The van der Waals surface area contributed by atoms with Gasteiger partial charge in [-0.25, -0.2) is 0 Å². The van der Waals surface area contributed by atoms with Crippen LogP contribution in [-0.4, -0.2) is 57.0 Å². The first-order valence-electron chi connectivity index (χ1n) is 7.61. The maximum absolute atomic E-state index is 10.6. The average Bonchev–Trinajstić information content (AvgIpc) is 2.86. The summed E-state index contributed by atoms with van der Waals surface area (Å²) in [5.74, 6) is 2.16. The normalized spacial score (nSPS) is 21.8.